The van der Waals surface area contributed by atoms with Crippen molar-refractivity contribution in [2.45, 2.75) is 49.4 Å². The smallest absolute Gasteiger partial charge is 0.240 e. The molecule has 0 amide bonds. The largest absolute Gasteiger partial charge is 0.392 e. The molecule has 0 nitrogen and oxygen atoms in total. The Kier molecular flexibility index (Phi) is 5.54. The van der Waals surface area contributed by atoms with Crippen molar-refractivity contribution in [1.82, 2.24) is 0 Å². The van der Waals surface area contributed by atoms with E-state index in [-0.39, 0.29) is 6.08 Å². The molecule has 0 aromatic carbocycles. The van der Waals surface area contributed by atoms with Gasteiger partial charge < -0.3 is 0 Å². The standard InChI is InChI=1S/C10H8F12/c1-2-3-6(12,13)9(19,20)10(21,22)8(17,18)5(11)4-7(14,15)16/h2-3,5H,4H2,1H3. The topological polar surface area (TPSA) is 0 Å². The van der Waals surface area contributed by atoms with E-state index in [1.165, 1.54) is 0 Å². The molecule has 0 aromatic rings. The van der Waals surface area contributed by atoms with Crippen molar-refractivity contribution in [3.8, 4) is 0 Å². The maximum absolute atomic E-state index is 13.0. The van der Waals surface area contributed by atoms with Crippen molar-refractivity contribution in [3.05, 3.63) is 12.2 Å². The summed E-state index contributed by atoms with van der Waals surface area (Å²) < 4.78 is 151. The molecular formula is C10H8F12. The molecule has 0 rings (SSSR count). The molecule has 1 unspecified atom stereocenters. The summed E-state index contributed by atoms with van der Waals surface area (Å²) in [4.78, 5) is 0. The summed E-state index contributed by atoms with van der Waals surface area (Å²) in [5.41, 5.74) is 0. The monoisotopic (exact) mass is 356 g/mol. The molecule has 0 heterocycles. The normalized spacial score (nSPS) is 17.1. The first-order chi connectivity index (χ1) is 9.44. The van der Waals surface area contributed by atoms with Gasteiger partial charge in [0.15, 0.2) is 6.17 Å². The second-order valence-corrected chi connectivity index (χ2v) is 4.18. The van der Waals surface area contributed by atoms with Crippen LogP contribution in [0.1, 0.15) is 13.3 Å². The summed E-state index contributed by atoms with van der Waals surface area (Å²) >= 11 is 0. The number of allylic oxidation sites excluding steroid dienone is 2. The van der Waals surface area contributed by atoms with Gasteiger partial charge in [-0.2, -0.15) is 48.3 Å². The number of alkyl halides is 12. The van der Waals surface area contributed by atoms with Crippen LogP contribution in [0.25, 0.3) is 0 Å². The first-order valence-corrected chi connectivity index (χ1v) is 5.30. The highest BCUT2D eigenvalue weighted by molar-refractivity contribution is 5.12. The van der Waals surface area contributed by atoms with Crippen molar-refractivity contribution in [3.63, 3.8) is 0 Å². The van der Waals surface area contributed by atoms with Gasteiger partial charge in [0.2, 0.25) is 0 Å². The highest BCUT2D eigenvalue weighted by Gasteiger charge is 2.81. The quantitative estimate of drug-likeness (QED) is 0.442. The van der Waals surface area contributed by atoms with Crippen LogP contribution in [0.5, 0.6) is 0 Å². The second-order valence-electron chi connectivity index (χ2n) is 4.18. The third-order valence-electron chi connectivity index (χ3n) is 2.41. The first-order valence-electron chi connectivity index (χ1n) is 5.30. The van der Waals surface area contributed by atoms with E-state index in [0.29, 0.717) is 6.92 Å². The summed E-state index contributed by atoms with van der Waals surface area (Å²) in [7, 11) is 0. The Labute approximate surface area is 115 Å². The molecular weight excluding hydrogens is 348 g/mol. The van der Waals surface area contributed by atoms with Gasteiger partial charge in [-0.15, -0.1) is 0 Å². The molecule has 1 atom stereocenters. The minimum atomic E-state index is -7.08. The molecule has 0 N–H and O–H groups in total. The number of hydrogen-bond donors (Lipinski definition) is 0. The lowest BCUT2D eigenvalue weighted by molar-refractivity contribution is -0.369. The van der Waals surface area contributed by atoms with Crippen LogP contribution in [-0.4, -0.2) is 36.0 Å². The van der Waals surface area contributed by atoms with E-state index in [4.69, 9.17) is 0 Å². The molecule has 22 heavy (non-hydrogen) atoms. The van der Waals surface area contributed by atoms with Gasteiger partial charge >= 0.3 is 29.9 Å². The molecule has 0 saturated carbocycles. The molecule has 12 heteroatoms. The van der Waals surface area contributed by atoms with Gasteiger partial charge in [-0.05, 0) is 13.0 Å². The zero-order chi connectivity index (χ0) is 18.2. The van der Waals surface area contributed by atoms with Crippen LogP contribution in [0.3, 0.4) is 0 Å². The SMILES string of the molecule is CC=CC(F)(F)C(F)(F)C(F)(F)C(F)(F)C(F)CC(F)(F)F. The van der Waals surface area contributed by atoms with Gasteiger partial charge in [0, 0.05) is 0 Å². The van der Waals surface area contributed by atoms with Crippen LogP contribution in [-0.2, 0) is 0 Å². The van der Waals surface area contributed by atoms with Crippen LogP contribution in [0.2, 0.25) is 0 Å². The van der Waals surface area contributed by atoms with Crippen LogP contribution < -0.4 is 0 Å². The van der Waals surface area contributed by atoms with Crippen molar-refractivity contribution in [2.24, 2.45) is 0 Å². The van der Waals surface area contributed by atoms with E-state index in [0.717, 1.165) is 0 Å². The molecule has 0 aliphatic rings. The maximum atomic E-state index is 13.0. The van der Waals surface area contributed by atoms with Gasteiger partial charge in [-0.3, -0.25) is 0 Å². The van der Waals surface area contributed by atoms with E-state index in [2.05, 4.69) is 0 Å². The summed E-state index contributed by atoms with van der Waals surface area (Å²) in [6.07, 6.45) is -14.5. The van der Waals surface area contributed by atoms with Gasteiger partial charge in [0.25, 0.3) is 0 Å². The fraction of sp³-hybridized carbons (Fsp3) is 0.800. The predicted octanol–water partition coefficient (Wildman–Crippen LogP) is 5.39. The Morgan fingerprint density at radius 2 is 1.18 bits per heavy atom. The van der Waals surface area contributed by atoms with E-state index in [1.807, 2.05) is 0 Å². The van der Waals surface area contributed by atoms with E-state index in [9.17, 15) is 52.7 Å². The zero-order valence-electron chi connectivity index (χ0n) is 10.5. The van der Waals surface area contributed by atoms with Crippen LogP contribution >= 0.6 is 0 Å². The maximum Gasteiger partial charge on any atom is 0.392 e. The number of halogens is 12. The molecule has 0 saturated heterocycles. The van der Waals surface area contributed by atoms with E-state index in [1.54, 1.807) is 0 Å². The fourth-order valence-electron chi connectivity index (χ4n) is 1.26. The predicted molar refractivity (Wildman–Crippen MR) is 50.2 cm³/mol. The van der Waals surface area contributed by atoms with Crippen molar-refractivity contribution in [2.75, 3.05) is 0 Å². The molecule has 0 fully saturated rings. The highest BCUT2D eigenvalue weighted by Crippen LogP contribution is 2.55. The fourth-order valence-corrected chi connectivity index (χ4v) is 1.26. The van der Waals surface area contributed by atoms with Crippen molar-refractivity contribution in [1.29, 1.82) is 0 Å². The minimum Gasteiger partial charge on any atom is -0.240 e. The van der Waals surface area contributed by atoms with Crippen molar-refractivity contribution < 1.29 is 52.7 Å². The minimum absolute atomic E-state index is 0.130. The zero-order valence-corrected chi connectivity index (χ0v) is 10.5. The summed E-state index contributed by atoms with van der Waals surface area (Å²) in [5.74, 6) is -26.4. The van der Waals surface area contributed by atoms with E-state index < -0.39 is 48.5 Å². The Hall–Kier alpha value is -1.10. The summed E-state index contributed by atoms with van der Waals surface area (Å²) in [5, 5.41) is 0. The second kappa shape index (κ2) is 5.84. The third-order valence-corrected chi connectivity index (χ3v) is 2.41. The van der Waals surface area contributed by atoms with Gasteiger partial charge in [-0.25, -0.2) is 4.39 Å². The van der Waals surface area contributed by atoms with Gasteiger partial charge in [0.05, 0.1) is 6.42 Å². The molecule has 0 bridgehead atoms. The summed E-state index contributed by atoms with van der Waals surface area (Å²) in [6, 6.07) is 0. The van der Waals surface area contributed by atoms with Gasteiger partial charge in [0.1, 0.15) is 0 Å². The Balaban J connectivity index is 5.78. The molecule has 0 aliphatic carbocycles. The number of hydrogen-bond acceptors (Lipinski definition) is 0. The Morgan fingerprint density at radius 1 is 0.773 bits per heavy atom. The van der Waals surface area contributed by atoms with E-state index >= 15 is 0 Å². The molecule has 132 valence electrons. The Bertz CT molecular complexity index is 405. The van der Waals surface area contributed by atoms with Crippen LogP contribution in [0.4, 0.5) is 52.7 Å². The molecule has 0 spiro atoms. The Morgan fingerprint density at radius 3 is 1.50 bits per heavy atom. The lowest BCUT2D eigenvalue weighted by Crippen LogP contribution is -2.64. The molecule has 0 aromatic heterocycles. The molecule has 0 aliphatic heterocycles. The number of rotatable bonds is 6. The van der Waals surface area contributed by atoms with Crippen molar-refractivity contribution >= 4 is 0 Å². The highest BCUT2D eigenvalue weighted by atomic mass is 19.4. The molecule has 0 radical (unpaired) electrons. The van der Waals surface area contributed by atoms with Crippen LogP contribution in [0, 0.1) is 0 Å². The van der Waals surface area contributed by atoms with Crippen LogP contribution in [0.15, 0.2) is 12.2 Å². The first kappa shape index (κ1) is 20.9. The average Bonchev–Trinajstić information content (AvgIpc) is 2.25. The average molecular weight is 356 g/mol. The van der Waals surface area contributed by atoms with Gasteiger partial charge in [-0.1, -0.05) is 6.08 Å². The third kappa shape index (κ3) is 3.62. The lowest BCUT2D eigenvalue weighted by atomic mass is 9.94. The summed E-state index contributed by atoms with van der Waals surface area (Å²) in [6.45, 7) is 0.669. The lowest BCUT2D eigenvalue weighted by Gasteiger charge is -2.37.